The van der Waals surface area contributed by atoms with Crippen LogP contribution in [0.2, 0.25) is 0 Å². The highest BCUT2D eigenvalue weighted by Gasteiger charge is 2.32. The topological polar surface area (TPSA) is 55.8 Å². The van der Waals surface area contributed by atoms with E-state index in [0.29, 0.717) is 12.2 Å². The number of benzene rings is 1. The van der Waals surface area contributed by atoms with Crippen molar-refractivity contribution in [2.45, 2.75) is 39.4 Å². The first kappa shape index (κ1) is 11.8. The summed E-state index contributed by atoms with van der Waals surface area (Å²) in [4.78, 5) is 10.6. The summed E-state index contributed by atoms with van der Waals surface area (Å²) in [7, 11) is 0. The van der Waals surface area contributed by atoms with Gasteiger partial charge in [-0.25, -0.2) is 0 Å². The molecule has 0 amide bonds. The quantitative estimate of drug-likeness (QED) is 0.876. The lowest BCUT2D eigenvalue weighted by Crippen LogP contribution is -2.29. The third-order valence-electron chi connectivity index (χ3n) is 2.72. The minimum Gasteiger partial charge on any atom is -0.481 e. The summed E-state index contributed by atoms with van der Waals surface area (Å²) in [5.74, 6) is -0.00447. The van der Waals surface area contributed by atoms with Gasteiger partial charge in [-0.15, -0.1) is 0 Å². The van der Waals surface area contributed by atoms with Crippen LogP contribution < -0.4 is 9.47 Å². The van der Waals surface area contributed by atoms with E-state index in [2.05, 4.69) is 0 Å². The molecule has 0 atom stereocenters. The Labute approximate surface area is 100 Å². The Morgan fingerprint density at radius 1 is 1.29 bits per heavy atom. The molecular weight excluding hydrogens is 220 g/mol. The molecule has 17 heavy (non-hydrogen) atoms. The molecule has 1 aromatic carbocycles. The van der Waals surface area contributed by atoms with Crippen LogP contribution in [0.1, 0.15) is 31.4 Å². The number of hydrogen-bond acceptors (Lipinski definition) is 3. The summed E-state index contributed by atoms with van der Waals surface area (Å²) in [6.07, 6.45) is 0.641. The van der Waals surface area contributed by atoms with Crippen LogP contribution >= 0.6 is 0 Å². The van der Waals surface area contributed by atoms with Crippen LogP contribution in [0, 0.1) is 6.92 Å². The van der Waals surface area contributed by atoms with Gasteiger partial charge in [-0.2, -0.15) is 0 Å². The van der Waals surface area contributed by atoms with Crippen molar-refractivity contribution in [2.24, 2.45) is 0 Å². The average Bonchev–Trinajstić information content (AvgIpc) is 2.47. The summed E-state index contributed by atoms with van der Waals surface area (Å²) in [5.41, 5.74) is 2.03. The smallest absolute Gasteiger partial charge is 0.303 e. The fourth-order valence-electron chi connectivity index (χ4n) is 1.92. The summed E-state index contributed by atoms with van der Waals surface area (Å²) in [6, 6.07) is 3.78. The van der Waals surface area contributed by atoms with Gasteiger partial charge in [0, 0.05) is 20.3 Å². The Morgan fingerprint density at radius 3 is 2.47 bits per heavy atom. The Kier molecular flexibility index (Phi) is 2.73. The number of hydrogen-bond donors (Lipinski definition) is 1. The minimum atomic E-state index is -0.789. The van der Waals surface area contributed by atoms with E-state index in [0.717, 1.165) is 16.9 Å². The number of rotatable bonds is 3. The fourth-order valence-corrected chi connectivity index (χ4v) is 1.92. The average molecular weight is 236 g/mol. The van der Waals surface area contributed by atoms with Crippen molar-refractivity contribution in [3.05, 3.63) is 23.3 Å². The van der Waals surface area contributed by atoms with E-state index in [1.54, 1.807) is 0 Å². The van der Waals surface area contributed by atoms with Crippen LogP contribution in [0.4, 0.5) is 0 Å². The van der Waals surface area contributed by atoms with Gasteiger partial charge in [0.05, 0.1) is 0 Å². The Morgan fingerprint density at radius 2 is 1.88 bits per heavy atom. The van der Waals surface area contributed by atoms with Crippen LogP contribution in [-0.4, -0.2) is 16.9 Å². The van der Waals surface area contributed by atoms with E-state index in [4.69, 9.17) is 14.6 Å². The molecule has 92 valence electrons. The monoisotopic (exact) mass is 236 g/mol. The van der Waals surface area contributed by atoms with Crippen molar-refractivity contribution < 1.29 is 19.4 Å². The van der Waals surface area contributed by atoms with E-state index < -0.39 is 11.8 Å². The van der Waals surface area contributed by atoms with Gasteiger partial charge in [-0.05, 0) is 36.6 Å². The van der Waals surface area contributed by atoms with E-state index in [9.17, 15) is 4.79 Å². The van der Waals surface area contributed by atoms with Gasteiger partial charge in [0.1, 0.15) is 0 Å². The number of carbonyl (C=O) groups is 1. The minimum absolute atomic E-state index is 0.129. The molecule has 0 aliphatic carbocycles. The van der Waals surface area contributed by atoms with Crippen molar-refractivity contribution in [1.82, 2.24) is 0 Å². The maximum absolute atomic E-state index is 10.6. The highest BCUT2D eigenvalue weighted by Crippen LogP contribution is 2.41. The first-order valence-electron chi connectivity index (χ1n) is 5.61. The van der Waals surface area contributed by atoms with E-state index in [1.807, 2.05) is 32.9 Å². The summed E-state index contributed by atoms with van der Waals surface area (Å²) < 4.78 is 11.2. The number of carboxylic acids is 1. The number of ether oxygens (including phenoxy) is 2. The fraction of sp³-hybridized carbons (Fsp3) is 0.462. The zero-order chi connectivity index (χ0) is 12.6. The van der Waals surface area contributed by atoms with Crippen molar-refractivity contribution in [1.29, 1.82) is 0 Å². The molecule has 0 saturated heterocycles. The van der Waals surface area contributed by atoms with Crippen molar-refractivity contribution >= 4 is 5.97 Å². The molecule has 1 aliphatic rings. The first-order chi connectivity index (χ1) is 7.87. The molecule has 0 radical (unpaired) electrons. The highest BCUT2D eigenvalue weighted by atomic mass is 16.7. The molecule has 0 unspecified atom stereocenters. The molecule has 0 fully saturated rings. The van der Waals surface area contributed by atoms with Crippen molar-refractivity contribution in [3.8, 4) is 11.5 Å². The van der Waals surface area contributed by atoms with E-state index in [1.165, 1.54) is 0 Å². The molecule has 4 heteroatoms. The first-order valence-corrected chi connectivity index (χ1v) is 5.61. The molecule has 2 rings (SSSR count). The maximum Gasteiger partial charge on any atom is 0.303 e. The third kappa shape index (κ3) is 2.52. The van der Waals surface area contributed by atoms with Gasteiger partial charge in [0.15, 0.2) is 11.5 Å². The lowest BCUT2D eigenvalue weighted by molar-refractivity contribution is -0.136. The van der Waals surface area contributed by atoms with Gasteiger partial charge < -0.3 is 14.6 Å². The van der Waals surface area contributed by atoms with Gasteiger partial charge in [0.2, 0.25) is 5.79 Å². The Hall–Kier alpha value is -1.71. The second-order valence-electron chi connectivity index (χ2n) is 4.72. The predicted molar refractivity (Wildman–Crippen MR) is 62.5 cm³/mol. The van der Waals surface area contributed by atoms with Crippen LogP contribution in [0.25, 0.3) is 0 Å². The van der Waals surface area contributed by atoms with Crippen LogP contribution in [0.3, 0.4) is 0 Å². The molecule has 1 aliphatic heterocycles. The maximum atomic E-state index is 10.6. The predicted octanol–water partition coefficient (Wildman–Crippen LogP) is 2.52. The van der Waals surface area contributed by atoms with Crippen LogP contribution in [-0.2, 0) is 11.2 Å². The number of carboxylic acid groups (broad SMARTS) is 1. The largest absolute Gasteiger partial charge is 0.481 e. The van der Waals surface area contributed by atoms with Gasteiger partial charge in [0.25, 0.3) is 0 Å². The second kappa shape index (κ2) is 3.95. The second-order valence-corrected chi connectivity index (χ2v) is 4.72. The lowest BCUT2D eigenvalue weighted by atomic mass is 10.0. The molecule has 1 heterocycles. The summed E-state index contributed by atoms with van der Waals surface area (Å²) in [6.45, 7) is 5.64. The number of aliphatic carboxylic acids is 1. The van der Waals surface area contributed by atoms with E-state index in [-0.39, 0.29) is 6.42 Å². The van der Waals surface area contributed by atoms with Gasteiger partial charge in [-0.3, -0.25) is 4.79 Å². The molecule has 0 bridgehead atoms. The molecular formula is C13H16O4. The summed E-state index contributed by atoms with van der Waals surface area (Å²) in [5, 5.41) is 8.69. The Bertz CT molecular complexity index is 463. The van der Waals surface area contributed by atoms with Gasteiger partial charge >= 0.3 is 5.97 Å². The van der Waals surface area contributed by atoms with Crippen molar-refractivity contribution in [3.63, 3.8) is 0 Å². The lowest BCUT2D eigenvalue weighted by Gasteiger charge is -2.16. The van der Waals surface area contributed by atoms with Crippen molar-refractivity contribution in [2.75, 3.05) is 0 Å². The molecule has 1 aromatic rings. The number of fused-ring (bicyclic) bond motifs is 1. The van der Waals surface area contributed by atoms with Crippen LogP contribution in [0.5, 0.6) is 11.5 Å². The molecule has 1 N–H and O–H groups in total. The van der Waals surface area contributed by atoms with E-state index >= 15 is 0 Å². The molecule has 0 aromatic heterocycles. The zero-order valence-electron chi connectivity index (χ0n) is 10.2. The highest BCUT2D eigenvalue weighted by molar-refractivity contribution is 5.67. The molecule has 0 saturated carbocycles. The Balaban J connectivity index is 2.24. The normalized spacial score (nSPS) is 15.9. The standard InChI is InChI=1S/C13H16O4/c1-8-6-10-11(17-13(2,3)16-10)7-9(8)4-5-12(14)15/h6-7H,4-5H2,1-3H3,(H,14,15). The van der Waals surface area contributed by atoms with Gasteiger partial charge in [-0.1, -0.05) is 0 Å². The third-order valence-corrected chi connectivity index (χ3v) is 2.72. The zero-order valence-corrected chi connectivity index (χ0v) is 10.2. The molecule has 4 nitrogen and oxygen atoms in total. The summed E-state index contributed by atoms with van der Waals surface area (Å²) >= 11 is 0. The SMILES string of the molecule is Cc1cc2c(cc1CCC(=O)O)OC(C)(C)O2. The molecule has 0 spiro atoms. The number of aryl methyl sites for hydroxylation is 2. The van der Waals surface area contributed by atoms with Crippen LogP contribution in [0.15, 0.2) is 12.1 Å².